The van der Waals surface area contributed by atoms with Gasteiger partial charge in [0.25, 0.3) is 11.8 Å². The smallest absolute Gasteiger partial charge is 0.262 e. The Morgan fingerprint density at radius 2 is 1.47 bits per heavy atom. The number of benzene rings is 3. The van der Waals surface area contributed by atoms with Crippen LogP contribution in [0.25, 0.3) is 0 Å². The Labute approximate surface area is 175 Å². The van der Waals surface area contributed by atoms with Crippen LogP contribution in [0.15, 0.2) is 72.8 Å². The van der Waals surface area contributed by atoms with Crippen LogP contribution >= 0.6 is 0 Å². The van der Waals surface area contributed by atoms with Crippen molar-refractivity contribution in [3.63, 3.8) is 0 Å². The number of carbonyl (C=O) groups excluding carboxylic acids is 3. The maximum atomic E-state index is 13.4. The number of imide groups is 1. The molecule has 150 valence electrons. The van der Waals surface area contributed by atoms with Gasteiger partial charge in [0.15, 0.2) is 0 Å². The van der Waals surface area contributed by atoms with Crippen LogP contribution in [0.2, 0.25) is 0 Å². The Bertz CT molecular complexity index is 1100. The number of anilines is 1. The topological polar surface area (TPSA) is 66.5 Å². The molecule has 0 aliphatic carbocycles. The van der Waals surface area contributed by atoms with Crippen LogP contribution in [-0.2, 0) is 11.2 Å². The van der Waals surface area contributed by atoms with Crippen LogP contribution in [0.5, 0.6) is 0 Å². The van der Waals surface area contributed by atoms with E-state index in [4.69, 9.17) is 0 Å². The van der Waals surface area contributed by atoms with Gasteiger partial charge in [-0.25, -0.2) is 0 Å². The van der Waals surface area contributed by atoms with Gasteiger partial charge >= 0.3 is 0 Å². The molecule has 3 aromatic rings. The van der Waals surface area contributed by atoms with Crippen molar-refractivity contribution >= 4 is 23.4 Å². The van der Waals surface area contributed by atoms with E-state index in [0.717, 1.165) is 21.6 Å². The molecular formula is C25H22N2O3. The summed E-state index contributed by atoms with van der Waals surface area (Å²) in [4.78, 5) is 40.5. The summed E-state index contributed by atoms with van der Waals surface area (Å²) in [5.74, 6) is -1.26. The van der Waals surface area contributed by atoms with Crippen molar-refractivity contribution in [1.29, 1.82) is 0 Å². The third-order valence-corrected chi connectivity index (χ3v) is 5.36. The first-order valence-corrected chi connectivity index (χ1v) is 9.84. The molecule has 3 amide bonds. The van der Waals surface area contributed by atoms with Crippen molar-refractivity contribution in [2.45, 2.75) is 26.3 Å². The first-order valence-electron chi connectivity index (χ1n) is 9.84. The van der Waals surface area contributed by atoms with Crippen molar-refractivity contribution in [2.24, 2.45) is 0 Å². The van der Waals surface area contributed by atoms with Gasteiger partial charge in [0.1, 0.15) is 6.04 Å². The molecule has 1 aliphatic heterocycles. The fourth-order valence-corrected chi connectivity index (χ4v) is 3.72. The highest BCUT2D eigenvalue weighted by atomic mass is 16.2. The van der Waals surface area contributed by atoms with Gasteiger partial charge in [-0.05, 0) is 48.7 Å². The monoisotopic (exact) mass is 398 g/mol. The maximum Gasteiger partial charge on any atom is 0.262 e. The highest BCUT2D eigenvalue weighted by Crippen LogP contribution is 2.27. The van der Waals surface area contributed by atoms with E-state index in [9.17, 15) is 14.4 Å². The molecule has 0 saturated carbocycles. The Kier molecular flexibility index (Phi) is 5.19. The van der Waals surface area contributed by atoms with Crippen LogP contribution in [0.1, 0.15) is 37.4 Å². The van der Waals surface area contributed by atoms with E-state index >= 15 is 0 Å². The van der Waals surface area contributed by atoms with Crippen LogP contribution in [0.3, 0.4) is 0 Å². The first kappa shape index (κ1) is 19.6. The number of hydrogen-bond acceptors (Lipinski definition) is 3. The largest absolute Gasteiger partial charge is 0.324 e. The third-order valence-electron chi connectivity index (χ3n) is 5.36. The zero-order valence-corrected chi connectivity index (χ0v) is 16.9. The maximum absolute atomic E-state index is 13.4. The van der Waals surface area contributed by atoms with Gasteiger partial charge in [0.2, 0.25) is 5.91 Å². The van der Waals surface area contributed by atoms with Gasteiger partial charge in [-0.15, -0.1) is 0 Å². The molecular weight excluding hydrogens is 376 g/mol. The molecule has 0 saturated heterocycles. The standard InChI is InChI=1S/C25H22N2O3/c1-16-12-13-17(2)21(14-16)26-23(28)22(15-18-8-4-3-5-9-18)27-24(29)19-10-6-7-11-20(19)25(27)30/h3-14,22H,15H2,1-2H3,(H,26,28)/t22-/m0/s1. The lowest BCUT2D eigenvalue weighted by molar-refractivity contribution is -0.119. The Morgan fingerprint density at radius 1 is 0.867 bits per heavy atom. The fraction of sp³-hybridized carbons (Fsp3) is 0.160. The van der Waals surface area contributed by atoms with Gasteiger partial charge in [-0.1, -0.05) is 54.6 Å². The minimum atomic E-state index is -0.959. The van der Waals surface area contributed by atoms with E-state index in [1.807, 2.05) is 62.4 Å². The quantitative estimate of drug-likeness (QED) is 0.657. The molecule has 0 aromatic heterocycles. The molecule has 1 N–H and O–H groups in total. The molecule has 3 aromatic carbocycles. The number of carbonyl (C=O) groups is 3. The molecule has 5 heteroatoms. The summed E-state index contributed by atoms with van der Waals surface area (Å²) in [6.45, 7) is 3.85. The molecule has 1 atom stereocenters. The zero-order chi connectivity index (χ0) is 21.3. The molecule has 5 nitrogen and oxygen atoms in total. The van der Waals surface area contributed by atoms with Gasteiger partial charge in [0.05, 0.1) is 11.1 Å². The van der Waals surface area contributed by atoms with Gasteiger partial charge < -0.3 is 5.32 Å². The number of rotatable bonds is 5. The number of fused-ring (bicyclic) bond motifs is 1. The summed E-state index contributed by atoms with van der Waals surface area (Å²) in [7, 11) is 0. The van der Waals surface area contributed by atoms with Crippen LogP contribution in [0, 0.1) is 13.8 Å². The lowest BCUT2D eigenvalue weighted by Gasteiger charge is -2.26. The van der Waals surface area contributed by atoms with Crippen LogP contribution in [-0.4, -0.2) is 28.7 Å². The number of nitrogens with one attached hydrogen (secondary N) is 1. The Balaban J connectivity index is 1.70. The van der Waals surface area contributed by atoms with E-state index < -0.39 is 17.9 Å². The van der Waals surface area contributed by atoms with Crippen molar-refractivity contribution in [3.05, 3.63) is 101 Å². The van der Waals surface area contributed by atoms with E-state index in [2.05, 4.69) is 5.32 Å². The predicted molar refractivity (Wildman–Crippen MR) is 115 cm³/mol. The van der Waals surface area contributed by atoms with Gasteiger partial charge in [0, 0.05) is 12.1 Å². The molecule has 30 heavy (non-hydrogen) atoms. The van der Waals surface area contributed by atoms with E-state index in [1.165, 1.54) is 0 Å². The third kappa shape index (κ3) is 3.62. The number of hydrogen-bond donors (Lipinski definition) is 1. The summed E-state index contributed by atoms with van der Waals surface area (Å²) < 4.78 is 0. The second kappa shape index (κ2) is 7.95. The Hall–Kier alpha value is -3.73. The number of amides is 3. The number of aryl methyl sites for hydroxylation is 2. The minimum Gasteiger partial charge on any atom is -0.324 e. The first-order chi connectivity index (χ1) is 14.5. The van der Waals surface area contributed by atoms with Crippen LogP contribution < -0.4 is 5.32 Å². The summed E-state index contributed by atoms with van der Waals surface area (Å²) in [5.41, 5.74) is 4.14. The molecule has 1 aliphatic rings. The molecule has 1 heterocycles. The minimum absolute atomic E-state index is 0.239. The highest BCUT2D eigenvalue weighted by molar-refractivity contribution is 6.23. The normalized spacial score (nSPS) is 13.9. The van der Waals surface area contributed by atoms with Gasteiger partial charge in [-0.2, -0.15) is 0 Å². The lowest BCUT2D eigenvalue weighted by atomic mass is 10.0. The highest BCUT2D eigenvalue weighted by Gasteiger charge is 2.42. The van der Waals surface area contributed by atoms with Gasteiger partial charge in [-0.3, -0.25) is 19.3 Å². The summed E-state index contributed by atoms with van der Waals surface area (Å²) in [5, 5.41) is 2.93. The summed E-state index contributed by atoms with van der Waals surface area (Å²) >= 11 is 0. The van der Waals surface area contributed by atoms with E-state index in [0.29, 0.717) is 16.8 Å². The van der Waals surface area contributed by atoms with Crippen molar-refractivity contribution < 1.29 is 14.4 Å². The van der Waals surface area contributed by atoms with Crippen molar-refractivity contribution in [1.82, 2.24) is 4.90 Å². The average molecular weight is 398 g/mol. The second-order valence-electron chi connectivity index (χ2n) is 7.54. The van der Waals surface area contributed by atoms with E-state index in [-0.39, 0.29) is 12.3 Å². The molecule has 0 spiro atoms. The summed E-state index contributed by atoms with van der Waals surface area (Å²) in [6.07, 6.45) is 0.239. The van der Waals surface area contributed by atoms with Crippen molar-refractivity contribution in [3.8, 4) is 0 Å². The molecule has 0 bridgehead atoms. The lowest BCUT2D eigenvalue weighted by Crippen LogP contribution is -2.48. The molecule has 0 unspecified atom stereocenters. The fourth-order valence-electron chi connectivity index (χ4n) is 3.72. The second-order valence-corrected chi connectivity index (χ2v) is 7.54. The van der Waals surface area contributed by atoms with Crippen molar-refractivity contribution in [2.75, 3.05) is 5.32 Å². The predicted octanol–water partition coefficient (Wildman–Crippen LogP) is 4.15. The Morgan fingerprint density at radius 3 is 2.10 bits per heavy atom. The zero-order valence-electron chi connectivity index (χ0n) is 16.9. The molecule has 0 radical (unpaired) electrons. The molecule has 0 fully saturated rings. The SMILES string of the molecule is Cc1ccc(C)c(NC(=O)[C@H](Cc2ccccc2)N2C(=O)c3ccccc3C2=O)c1. The average Bonchev–Trinajstić information content (AvgIpc) is 3.00. The number of nitrogens with zero attached hydrogens (tertiary/aromatic N) is 1. The summed E-state index contributed by atoms with van der Waals surface area (Å²) in [6, 6.07) is 20.9. The molecule has 4 rings (SSSR count). The van der Waals surface area contributed by atoms with E-state index in [1.54, 1.807) is 24.3 Å². The van der Waals surface area contributed by atoms with Crippen LogP contribution in [0.4, 0.5) is 5.69 Å².